The number of phenolic OH excluding ortho intramolecular Hbond substituents is 1. The van der Waals surface area contributed by atoms with E-state index in [2.05, 4.69) is 0 Å². The Morgan fingerprint density at radius 3 is 2.87 bits per heavy atom. The summed E-state index contributed by atoms with van der Waals surface area (Å²) < 4.78 is 5.01. The van der Waals surface area contributed by atoms with Gasteiger partial charge in [-0.3, -0.25) is 4.79 Å². The van der Waals surface area contributed by atoms with Crippen molar-refractivity contribution in [2.75, 3.05) is 0 Å². The summed E-state index contributed by atoms with van der Waals surface area (Å²) >= 11 is 0. The normalized spacial score (nSPS) is 10.0. The molecule has 0 aromatic heterocycles. The van der Waals surface area contributed by atoms with E-state index in [1.54, 1.807) is 6.07 Å². The van der Waals surface area contributed by atoms with Gasteiger partial charge in [-0.2, -0.15) is 0 Å². The summed E-state index contributed by atoms with van der Waals surface area (Å²) in [5.41, 5.74) is 1.44. The van der Waals surface area contributed by atoms with Crippen LogP contribution in [0.4, 0.5) is 0 Å². The van der Waals surface area contributed by atoms with Crippen LogP contribution in [0.25, 0.3) is 0 Å². The molecule has 0 saturated carbocycles. The maximum atomic E-state index is 11.1. The molecular weight excluding hydrogens is 192 g/mol. The highest BCUT2D eigenvalue weighted by atomic mass is 16.5. The summed E-state index contributed by atoms with van der Waals surface area (Å²) in [6.07, 6.45) is 1.20. The second-order valence-electron chi connectivity index (χ2n) is 3.49. The molecule has 3 heteroatoms. The smallest absolute Gasteiger partial charge is 0.306 e. The number of hydrogen-bond donors (Lipinski definition) is 1. The first-order valence-corrected chi connectivity index (χ1v) is 5.08. The number of esters is 1. The molecule has 0 spiro atoms. The van der Waals surface area contributed by atoms with Gasteiger partial charge in [0.05, 0.1) is 0 Å². The molecule has 0 atom stereocenters. The zero-order chi connectivity index (χ0) is 11.3. The van der Waals surface area contributed by atoms with E-state index < -0.39 is 0 Å². The second kappa shape index (κ2) is 5.39. The van der Waals surface area contributed by atoms with Gasteiger partial charge >= 0.3 is 5.97 Å². The van der Waals surface area contributed by atoms with E-state index >= 15 is 0 Å². The SMILES string of the molecule is CCCC(=O)OCc1cccc(C)c1O. The first-order chi connectivity index (χ1) is 7.15. The minimum absolute atomic E-state index is 0.145. The molecule has 1 aromatic rings. The molecular formula is C12H16O3. The van der Waals surface area contributed by atoms with Crippen LogP contribution in [0.5, 0.6) is 5.75 Å². The van der Waals surface area contributed by atoms with E-state index in [0.717, 1.165) is 12.0 Å². The van der Waals surface area contributed by atoms with E-state index in [9.17, 15) is 9.90 Å². The van der Waals surface area contributed by atoms with Crippen molar-refractivity contribution in [2.45, 2.75) is 33.3 Å². The number of para-hydroxylation sites is 1. The zero-order valence-electron chi connectivity index (χ0n) is 9.12. The summed E-state index contributed by atoms with van der Waals surface area (Å²) in [7, 11) is 0. The topological polar surface area (TPSA) is 46.5 Å². The van der Waals surface area contributed by atoms with Crippen LogP contribution in [0.15, 0.2) is 18.2 Å². The van der Waals surface area contributed by atoms with Crippen LogP contribution >= 0.6 is 0 Å². The van der Waals surface area contributed by atoms with Crippen LogP contribution in [-0.4, -0.2) is 11.1 Å². The molecule has 82 valence electrons. The van der Waals surface area contributed by atoms with Gasteiger partial charge in [-0.1, -0.05) is 25.1 Å². The third-order valence-corrected chi connectivity index (χ3v) is 2.16. The molecule has 0 amide bonds. The molecule has 0 unspecified atom stereocenters. The molecule has 15 heavy (non-hydrogen) atoms. The molecule has 0 aliphatic heterocycles. The Morgan fingerprint density at radius 1 is 1.47 bits per heavy atom. The van der Waals surface area contributed by atoms with E-state index in [0.29, 0.717) is 12.0 Å². The Morgan fingerprint density at radius 2 is 2.20 bits per heavy atom. The van der Waals surface area contributed by atoms with Gasteiger partial charge in [0.15, 0.2) is 0 Å². The van der Waals surface area contributed by atoms with Gasteiger partial charge in [-0.25, -0.2) is 0 Å². The molecule has 0 aliphatic rings. The maximum absolute atomic E-state index is 11.1. The molecule has 3 nitrogen and oxygen atoms in total. The van der Waals surface area contributed by atoms with Gasteiger partial charge in [0, 0.05) is 12.0 Å². The number of ether oxygens (including phenoxy) is 1. The van der Waals surface area contributed by atoms with Gasteiger partial charge in [0.2, 0.25) is 0 Å². The summed E-state index contributed by atoms with van der Waals surface area (Å²) in [5, 5.41) is 9.65. The molecule has 0 saturated heterocycles. The fourth-order valence-electron chi connectivity index (χ4n) is 1.27. The molecule has 1 aromatic carbocycles. The number of benzene rings is 1. The lowest BCUT2D eigenvalue weighted by Gasteiger charge is -2.07. The van der Waals surface area contributed by atoms with Crippen molar-refractivity contribution in [3.8, 4) is 5.75 Å². The standard InChI is InChI=1S/C12H16O3/c1-3-5-11(13)15-8-10-7-4-6-9(2)12(10)14/h4,6-7,14H,3,5,8H2,1-2H3. The predicted molar refractivity (Wildman–Crippen MR) is 57.5 cm³/mol. The lowest BCUT2D eigenvalue weighted by molar-refractivity contribution is -0.145. The molecule has 0 aliphatic carbocycles. The maximum Gasteiger partial charge on any atom is 0.306 e. The number of aryl methyl sites for hydroxylation is 1. The van der Waals surface area contributed by atoms with Crippen LogP contribution in [0.3, 0.4) is 0 Å². The molecule has 1 rings (SSSR count). The first kappa shape index (κ1) is 11.6. The van der Waals surface area contributed by atoms with Gasteiger partial charge in [0.1, 0.15) is 12.4 Å². The monoisotopic (exact) mass is 208 g/mol. The Bertz CT molecular complexity index is 345. The highest BCUT2D eigenvalue weighted by molar-refractivity contribution is 5.69. The van der Waals surface area contributed by atoms with Crippen molar-refractivity contribution in [3.05, 3.63) is 29.3 Å². The largest absolute Gasteiger partial charge is 0.507 e. The van der Waals surface area contributed by atoms with Gasteiger partial charge in [-0.05, 0) is 18.9 Å². The molecule has 1 N–H and O–H groups in total. The van der Waals surface area contributed by atoms with Crippen LogP contribution in [0, 0.1) is 6.92 Å². The minimum atomic E-state index is -0.224. The first-order valence-electron chi connectivity index (χ1n) is 5.08. The Labute approximate surface area is 89.7 Å². The highest BCUT2D eigenvalue weighted by Crippen LogP contribution is 2.22. The molecule has 0 radical (unpaired) electrons. The summed E-state index contributed by atoms with van der Waals surface area (Å²) in [6.45, 7) is 3.88. The van der Waals surface area contributed by atoms with Crippen LogP contribution in [0.1, 0.15) is 30.9 Å². The summed E-state index contributed by atoms with van der Waals surface area (Å²) in [6, 6.07) is 5.40. The van der Waals surface area contributed by atoms with Crippen LogP contribution in [0.2, 0.25) is 0 Å². The van der Waals surface area contributed by atoms with E-state index in [1.807, 2.05) is 26.0 Å². The van der Waals surface area contributed by atoms with E-state index in [-0.39, 0.29) is 18.3 Å². The van der Waals surface area contributed by atoms with Crippen molar-refractivity contribution in [1.29, 1.82) is 0 Å². The summed E-state index contributed by atoms with van der Waals surface area (Å²) in [5.74, 6) is -0.0137. The van der Waals surface area contributed by atoms with E-state index in [4.69, 9.17) is 4.74 Å². The van der Waals surface area contributed by atoms with Crippen molar-refractivity contribution < 1.29 is 14.6 Å². The van der Waals surface area contributed by atoms with Gasteiger partial charge in [-0.15, -0.1) is 0 Å². The Kier molecular flexibility index (Phi) is 4.16. The van der Waals surface area contributed by atoms with Crippen molar-refractivity contribution in [2.24, 2.45) is 0 Å². The van der Waals surface area contributed by atoms with Crippen molar-refractivity contribution >= 4 is 5.97 Å². The van der Waals surface area contributed by atoms with Crippen molar-refractivity contribution in [3.63, 3.8) is 0 Å². The number of rotatable bonds is 4. The predicted octanol–water partition coefficient (Wildman–Crippen LogP) is 2.54. The fourth-order valence-corrected chi connectivity index (χ4v) is 1.27. The van der Waals surface area contributed by atoms with Crippen molar-refractivity contribution in [1.82, 2.24) is 0 Å². The number of carbonyl (C=O) groups is 1. The minimum Gasteiger partial charge on any atom is -0.507 e. The molecule has 0 bridgehead atoms. The number of phenols is 1. The molecule has 0 fully saturated rings. The Hall–Kier alpha value is -1.51. The highest BCUT2D eigenvalue weighted by Gasteiger charge is 2.06. The lowest BCUT2D eigenvalue weighted by atomic mass is 10.1. The number of aromatic hydroxyl groups is 1. The van der Waals surface area contributed by atoms with E-state index in [1.165, 1.54) is 0 Å². The average molecular weight is 208 g/mol. The van der Waals surface area contributed by atoms with Gasteiger partial charge < -0.3 is 9.84 Å². The van der Waals surface area contributed by atoms with Gasteiger partial charge in [0.25, 0.3) is 0 Å². The number of carbonyl (C=O) groups excluding carboxylic acids is 1. The fraction of sp³-hybridized carbons (Fsp3) is 0.417. The average Bonchev–Trinajstić information content (AvgIpc) is 2.21. The molecule has 0 heterocycles. The zero-order valence-corrected chi connectivity index (χ0v) is 9.12. The van der Waals surface area contributed by atoms with Crippen LogP contribution in [-0.2, 0) is 16.1 Å². The quantitative estimate of drug-likeness (QED) is 0.773. The van der Waals surface area contributed by atoms with Crippen LogP contribution < -0.4 is 0 Å². The lowest BCUT2D eigenvalue weighted by Crippen LogP contribution is -2.03. The number of hydrogen-bond acceptors (Lipinski definition) is 3. The third-order valence-electron chi connectivity index (χ3n) is 2.16. The second-order valence-corrected chi connectivity index (χ2v) is 3.49. The third kappa shape index (κ3) is 3.27. The Balaban J connectivity index is 2.58. The summed E-state index contributed by atoms with van der Waals surface area (Å²) in [4.78, 5) is 11.1.